The van der Waals surface area contributed by atoms with Gasteiger partial charge in [0.15, 0.2) is 11.0 Å². The molecule has 35 heavy (non-hydrogen) atoms. The number of hydrazone groups is 1. The van der Waals surface area contributed by atoms with Gasteiger partial charge in [0.1, 0.15) is 5.25 Å². The predicted octanol–water partition coefficient (Wildman–Crippen LogP) is 6.38. The molecule has 0 saturated carbocycles. The normalized spacial score (nSPS) is 19.6. The van der Waals surface area contributed by atoms with Gasteiger partial charge in [-0.1, -0.05) is 83.5 Å². The minimum absolute atomic E-state index is 0.0438. The lowest BCUT2D eigenvalue weighted by Gasteiger charge is -2.23. The van der Waals surface area contributed by atoms with Crippen LogP contribution in [0.3, 0.4) is 0 Å². The van der Waals surface area contributed by atoms with E-state index in [0.29, 0.717) is 22.2 Å². The Morgan fingerprint density at radius 1 is 1.06 bits per heavy atom. The number of hydrogen-bond acceptors (Lipinski definition) is 5. The topological polar surface area (TPSA) is 62.1 Å². The molecule has 0 aromatic heterocycles. The number of hydrogen-bond donors (Lipinski definition) is 0. The van der Waals surface area contributed by atoms with E-state index in [1.807, 2.05) is 91.7 Å². The molecule has 0 fully saturated rings. The van der Waals surface area contributed by atoms with E-state index in [1.165, 1.54) is 11.8 Å². The molecule has 2 heterocycles. The van der Waals surface area contributed by atoms with Gasteiger partial charge in [0.05, 0.1) is 11.8 Å². The van der Waals surface area contributed by atoms with E-state index in [1.54, 1.807) is 0 Å². The van der Waals surface area contributed by atoms with Gasteiger partial charge in [-0.05, 0) is 48.7 Å². The molecule has 0 N–H and O–H groups in total. The van der Waals surface area contributed by atoms with Crippen LogP contribution in [0.2, 0.25) is 5.02 Å². The average molecular weight is 502 g/mol. The number of amides is 1. The summed E-state index contributed by atoms with van der Waals surface area (Å²) in [7, 11) is 0. The van der Waals surface area contributed by atoms with Crippen molar-refractivity contribution in [3.05, 3.63) is 106 Å². The zero-order valence-electron chi connectivity index (χ0n) is 19.4. The van der Waals surface area contributed by atoms with Crippen molar-refractivity contribution in [2.45, 2.75) is 38.0 Å². The maximum atomic E-state index is 13.0. The van der Waals surface area contributed by atoms with Crippen molar-refractivity contribution in [2.75, 3.05) is 0 Å². The van der Waals surface area contributed by atoms with Crippen molar-refractivity contribution in [1.82, 2.24) is 5.01 Å². The molecule has 3 aromatic rings. The van der Waals surface area contributed by atoms with Crippen molar-refractivity contribution < 1.29 is 9.59 Å². The number of Topliss-reactive ketones (excluding diaryl/α,β-unsaturated/α-hetero) is 1. The molecule has 7 heteroatoms. The minimum atomic E-state index is -0.556. The molecule has 0 aliphatic carbocycles. The lowest BCUT2D eigenvalue weighted by molar-refractivity contribution is -0.117. The SMILES string of the molecule is Cc1ccc(C)c(C(=O)C[C@H]2SC(N3N=C(c4ccccc4)C[C@H]3c3ccc(Cl)cc3)=NC2=O)c1. The van der Waals surface area contributed by atoms with Crippen LogP contribution in [0, 0.1) is 13.8 Å². The van der Waals surface area contributed by atoms with Crippen LogP contribution in [0.5, 0.6) is 0 Å². The number of nitrogens with zero attached hydrogens (tertiary/aromatic N) is 3. The standard InChI is InChI=1S/C28H24ClN3O2S/c1-17-8-9-18(2)22(14-17)25(33)16-26-27(34)30-28(35-26)32-24(20-10-12-21(29)13-11-20)15-23(31-32)19-6-4-3-5-7-19/h3-14,24,26H,15-16H2,1-2H3/t24-,26+/m0/s1. The van der Waals surface area contributed by atoms with Crippen LogP contribution in [-0.4, -0.2) is 32.8 Å². The Labute approximate surface area is 213 Å². The molecule has 0 radical (unpaired) electrons. The maximum Gasteiger partial charge on any atom is 0.262 e. The third-order valence-corrected chi connectivity index (χ3v) is 7.66. The molecule has 0 unspecified atom stereocenters. The third-order valence-electron chi connectivity index (χ3n) is 6.26. The van der Waals surface area contributed by atoms with Crippen LogP contribution in [0.1, 0.15) is 51.5 Å². The number of rotatable bonds is 5. The Hall–Kier alpha value is -3.22. The number of carbonyl (C=O) groups is 2. The summed E-state index contributed by atoms with van der Waals surface area (Å²) in [5.41, 5.74) is 5.59. The molecule has 5 nitrogen and oxygen atoms in total. The van der Waals surface area contributed by atoms with Gasteiger partial charge in [0, 0.05) is 23.4 Å². The second-order valence-corrected chi connectivity index (χ2v) is 10.4. The second-order valence-electron chi connectivity index (χ2n) is 8.81. The fourth-order valence-corrected chi connectivity index (χ4v) is 5.54. The second kappa shape index (κ2) is 9.80. The predicted molar refractivity (Wildman–Crippen MR) is 142 cm³/mol. The van der Waals surface area contributed by atoms with Crippen molar-refractivity contribution in [3.63, 3.8) is 0 Å². The van der Waals surface area contributed by atoms with Crippen molar-refractivity contribution >= 4 is 45.9 Å². The average Bonchev–Trinajstić information content (AvgIpc) is 3.46. The monoisotopic (exact) mass is 501 g/mol. The highest BCUT2D eigenvalue weighted by Gasteiger charge is 2.39. The summed E-state index contributed by atoms with van der Waals surface area (Å²) in [5.74, 6) is -0.334. The first-order valence-corrected chi connectivity index (χ1v) is 12.7. The molecular weight excluding hydrogens is 478 g/mol. The molecule has 3 aromatic carbocycles. The summed E-state index contributed by atoms with van der Waals surface area (Å²) in [5, 5.41) is 7.34. The largest absolute Gasteiger partial charge is 0.294 e. The fraction of sp³-hybridized carbons (Fsp3) is 0.214. The molecule has 0 spiro atoms. The van der Waals surface area contributed by atoms with Crippen LogP contribution in [0.25, 0.3) is 0 Å². The van der Waals surface area contributed by atoms with E-state index in [2.05, 4.69) is 4.99 Å². The third kappa shape index (κ3) is 4.95. The smallest absolute Gasteiger partial charge is 0.262 e. The van der Waals surface area contributed by atoms with Crippen LogP contribution >= 0.6 is 23.4 Å². The Bertz CT molecular complexity index is 1350. The van der Waals surface area contributed by atoms with Crippen LogP contribution < -0.4 is 0 Å². The lowest BCUT2D eigenvalue weighted by atomic mass is 9.99. The van der Waals surface area contributed by atoms with Gasteiger partial charge in [-0.15, -0.1) is 0 Å². The number of halogens is 1. The van der Waals surface area contributed by atoms with E-state index in [9.17, 15) is 9.59 Å². The highest BCUT2D eigenvalue weighted by molar-refractivity contribution is 8.15. The zero-order valence-corrected chi connectivity index (χ0v) is 21.0. The van der Waals surface area contributed by atoms with Crippen molar-refractivity contribution in [3.8, 4) is 0 Å². The van der Waals surface area contributed by atoms with Crippen LogP contribution in [0.15, 0.2) is 82.9 Å². The van der Waals surface area contributed by atoms with E-state index >= 15 is 0 Å². The van der Waals surface area contributed by atoms with E-state index in [4.69, 9.17) is 16.7 Å². The lowest BCUT2D eigenvalue weighted by Crippen LogP contribution is -2.24. The number of aryl methyl sites for hydroxylation is 2. The van der Waals surface area contributed by atoms with E-state index in [-0.39, 0.29) is 24.2 Å². The molecule has 0 saturated heterocycles. The maximum absolute atomic E-state index is 13.0. The number of thioether (sulfide) groups is 1. The molecular formula is C28H24ClN3O2S. The molecule has 2 aliphatic heterocycles. The van der Waals surface area contributed by atoms with Gasteiger partial charge in [0.25, 0.3) is 5.91 Å². The Kier molecular flexibility index (Phi) is 6.58. The first kappa shape index (κ1) is 23.5. The van der Waals surface area contributed by atoms with Crippen molar-refractivity contribution in [2.24, 2.45) is 10.1 Å². The summed E-state index contributed by atoms with van der Waals surface area (Å²) in [6.07, 6.45) is 0.779. The van der Waals surface area contributed by atoms with Crippen molar-refractivity contribution in [1.29, 1.82) is 0 Å². The molecule has 1 amide bonds. The summed E-state index contributed by atoms with van der Waals surface area (Å²) >= 11 is 7.44. The number of carbonyl (C=O) groups excluding carboxylic acids is 2. The number of amidine groups is 1. The Morgan fingerprint density at radius 2 is 1.80 bits per heavy atom. The minimum Gasteiger partial charge on any atom is -0.294 e. The van der Waals surface area contributed by atoms with Crippen LogP contribution in [0.4, 0.5) is 0 Å². The Morgan fingerprint density at radius 3 is 2.54 bits per heavy atom. The molecule has 2 aliphatic rings. The van der Waals surface area contributed by atoms with Gasteiger partial charge in [-0.3, -0.25) is 9.59 Å². The molecule has 2 atom stereocenters. The molecule has 5 rings (SSSR count). The van der Waals surface area contributed by atoms with Gasteiger partial charge < -0.3 is 0 Å². The fourth-order valence-electron chi connectivity index (χ4n) is 4.36. The molecule has 176 valence electrons. The number of benzene rings is 3. The summed E-state index contributed by atoms with van der Waals surface area (Å²) in [4.78, 5) is 30.2. The summed E-state index contributed by atoms with van der Waals surface area (Å²) in [6.45, 7) is 3.87. The van der Waals surface area contributed by atoms with E-state index in [0.717, 1.165) is 28.0 Å². The first-order chi connectivity index (χ1) is 16.9. The highest BCUT2D eigenvalue weighted by Crippen LogP contribution is 2.39. The highest BCUT2D eigenvalue weighted by atomic mass is 35.5. The van der Waals surface area contributed by atoms with Gasteiger partial charge in [0.2, 0.25) is 0 Å². The molecule has 0 bridgehead atoms. The summed E-state index contributed by atoms with van der Waals surface area (Å²) < 4.78 is 0. The number of ketones is 1. The Balaban J connectivity index is 1.40. The van der Waals surface area contributed by atoms with Gasteiger partial charge in [-0.2, -0.15) is 10.1 Å². The summed E-state index contributed by atoms with van der Waals surface area (Å²) in [6, 6.07) is 23.4. The number of aliphatic imine (C=N–C) groups is 1. The zero-order chi connectivity index (χ0) is 24.5. The first-order valence-electron chi connectivity index (χ1n) is 11.5. The van der Waals surface area contributed by atoms with Crippen LogP contribution in [-0.2, 0) is 4.79 Å². The van der Waals surface area contributed by atoms with E-state index < -0.39 is 5.25 Å². The quantitative estimate of drug-likeness (QED) is 0.380. The van der Waals surface area contributed by atoms with Gasteiger partial charge in [-0.25, -0.2) is 5.01 Å². The van der Waals surface area contributed by atoms with Gasteiger partial charge >= 0.3 is 0 Å².